The van der Waals surface area contributed by atoms with E-state index >= 15 is 0 Å². The number of fused-ring (bicyclic) bond motifs is 1. The van der Waals surface area contributed by atoms with E-state index in [0.29, 0.717) is 65.5 Å². The molecule has 0 saturated carbocycles. The number of ketones is 1. The van der Waals surface area contributed by atoms with E-state index in [-0.39, 0.29) is 30.4 Å². The van der Waals surface area contributed by atoms with Gasteiger partial charge in [0.15, 0.2) is 23.2 Å². The van der Waals surface area contributed by atoms with Gasteiger partial charge in [-0.3, -0.25) is 19.0 Å². The maximum absolute atomic E-state index is 12.8. The molecular formula is C38H41FN8O7. The lowest BCUT2D eigenvalue weighted by Crippen LogP contribution is -2.33. The van der Waals surface area contributed by atoms with E-state index in [0.717, 1.165) is 11.1 Å². The van der Waals surface area contributed by atoms with Crippen molar-refractivity contribution >= 4 is 46.0 Å². The number of hydrogen-bond donors (Lipinski definition) is 7. The molecule has 4 atom stereocenters. The molecule has 3 aromatic carbocycles. The van der Waals surface area contributed by atoms with Crippen molar-refractivity contribution in [1.29, 1.82) is 0 Å². The maximum atomic E-state index is 12.8. The molecule has 6 rings (SSSR count). The number of amides is 2. The molecule has 0 unspecified atom stereocenters. The number of imidazole rings is 1. The first-order valence-electron chi connectivity index (χ1n) is 17.4. The first-order valence-corrected chi connectivity index (χ1v) is 17.4. The molecule has 15 nitrogen and oxygen atoms in total. The number of anilines is 3. The third-order valence-corrected chi connectivity index (χ3v) is 8.91. The second-order valence-corrected chi connectivity index (χ2v) is 12.8. The Kier molecular flexibility index (Phi) is 12.6. The van der Waals surface area contributed by atoms with Crippen LogP contribution in [0.4, 0.5) is 21.6 Å². The lowest BCUT2D eigenvalue weighted by Gasteiger charge is -2.16. The molecule has 5 aromatic rings. The summed E-state index contributed by atoms with van der Waals surface area (Å²) in [6.45, 7) is 0.342. The van der Waals surface area contributed by atoms with Gasteiger partial charge in [0, 0.05) is 49.4 Å². The molecule has 0 bridgehead atoms. The Labute approximate surface area is 309 Å². The zero-order chi connectivity index (χ0) is 38.0. The average molecular weight is 741 g/mol. The number of carbonyl (C=O) groups is 3. The number of nitrogens with one attached hydrogen (secondary N) is 4. The van der Waals surface area contributed by atoms with Crippen molar-refractivity contribution in [3.05, 3.63) is 108 Å². The topological polar surface area (TPSA) is 213 Å². The molecule has 2 aromatic heterocycles. The fraction of sp³-hybridized carbons (Fsp3) is 0.316. The van der Waals surface area contributed by atoms with Crippen LogP contribution in [0.3, 0.4) is 0 Å². The molecule has 2 amide bonds. The fourth-order valence-electron chi connectivity index (χ4n) is 5.96. The Morgan fingerprint density at radius 2 is 1.48 bits per heavy atom. The monoisotopic (exact) mass is 740 g/mol. The Hall–Kier alpha value is -5.65. The van der Waals surface area contributed by atoms with Crippen molar-refractivity contribution in [2.24, 2.45) is 0 Å². The number of carbonyl (C=O) groups excluding carboxylic acids is 3. The van der Waals surface area contributed by atoms with Crippen LogP contribution in [0.25, 0.3) is 11.2 Å². The molecule has 0 spiro atoms. The van der Waals surface area contributed by atoms with Crippen LogP contribution in [0.5, 0.6) is 0 Å². The molecule has 0 radical (unpaired) electrons. The van der Waals surface area contributed by atoms with Crippen LogP contribution in [0.1, 0.15) is 39.7 Å². The molecule has 0 aliphatic carbocycles. The van der Waals surface area contributed by atoms with Crippen LogP contribution in [0, 0.1) is 0 Å². The molecule has 1 aliphatic heterocycles. The maximum Gasteiger partial charge on any atom is 0.251 e. The van der Waals surface area contributed by atoms with Crippen molar-refractivity contribution < 1.29 is 38.8 Å². The highest BCUT2D eigenvalue weighted by Crippen LogP contribution is 2.32. The molecule has 1 aliphatic rings. The number of benzene rings is 3. The number of aromatic nitrogens is 4. The van der Waals surface area contributed by atoms with Crippen molar-refractivity contribution in [2.45, 2.75) is 50.5 Å². The predicted molar refractivity (Wildman–Crippen MR) is 197 cm³/mol. The lowest BCUT2D eigenvalue weighted by atomic mass is 10.1. The summed E-state index contributed by atoms with van der Waals surface area (Å²) in [5, 5.41) is 42.0. The van der Waals surface area contributed by atoms with Crippen LogP contribution in [-0.4, -0.2) is 97.0 Å². The third-order valence-electron chi connectivity index (χ3n) is 8.91. The van der Waals surface area contributed by atoms with Crippen molar-refractivity contribution in [3.8, 4) is 0 Å². The van der Waals surface area contributed by atoms with E-state index in [2.05, 4.69) is 36.2 Å². The van der Waals surface area contributed by atoms with Gasteiger partial charge in [0.05, 0.1) is 19.4 Å². The first kappa shape index (κ1) is 38.1. The highest BCUT2D eigenvalue weighted by molar-refractivity contribution is 5.94. The number of aliphatic hydroxyl groups excluding tert-OH is 3. The van der Waals surface area contributed by atoms with E-state index in [4.69, 9.17) is 4.74 Å². The molecule has 1 fully saturated rings. The van der Waals surface area contributed by atoms with Crippen molar-refractivity contribution in [1.82, 2.24) is 30.2 Å². The number of halogens is 1. The van der Waals surface area contributed by atoms with Gasteiger partial charge in [-0.1, -0.05) is 36.4 Å². The van der Waals surface area contributed by atoms with Crippen LogP contribution in [-0.2, 0) is 33.8 Å². The molecule has 16 heteroatoms. The molecule has 282 valence electrons. The Morgan fingerprint density at radius 1 is 0.796 bits per heavy atom. The van der Waals surface area contributed by atoms with Gasteiger partial charge >= 0.3 is 0 Å². The number of rotatable bonds is 17. The summed E-state index contributed by atoms with van der Waals surface area (Å²) in [7, 11) is 0. The van der Waals surface area contributed by atoms with E-state index in [1.54, 1.807) is 48.5 Å². The summed E-state index contributed by atoms with van der Waals surface area (Å²) in [5.41, 5.74) is 4.65. The highest BCUT2D eigenvalue weighted by Gasteiger charge is 2.44. The minimum Gasteiger partial charge on any atom is -0.394 e. The normalized spacial score (nSPS) is 18.1. The molecule has 1 saturated heterocycles. The smallest absolute Gasteiger partial charge is 0.251 e. The molecule has 7 N–H and O–H groups in total. The third kappa shape index (κ3) is 9.47. The number of alkyl halides is 1. The van der Waals surface area contributed by atoms with Crippen LogP contribution in [0.15, 0.2) is 85.5 Å². The van der Waals surface area contributed by atoms with E-state index in [9.17, 15) is 34.1 Å². The summed E-state index contributed by atoms with van der Waals surface area (Å²) in [6, 6.07) is 20.7. The largest absolute Gasteiger partial charge is 0.394 e. The summed E-state index contributed by atoms with van der Waals surface area (Å²) >= 11 is 0. The van der Waals surface area contributed by atoms with Gasteiger partial charge in [0.2, 0.25) is 5.91 Å². The average Bonchev–Trinajstić information content (AvgIpc) is 3.74. The molecule has 54 heavy (non-hydrogen) atoms. The van der Waals surface area contributed by atoms with Gasteiger partial charge in [-0.2, -0.15) is 0 Å². The van der Waals surface area contributed by atoms with Crippen LogP contribution >= 0.6 is 0 Å². The number of Topliss-reactive ketones (excluding diaryl/α,β-unsaturated/α-hetero) is 1. The Morgan fingerprint density at radius 3 is 2.17 bits per heavy atom. The number of nitrogens with zero attached hydrogens (tertiary/aromatic N) is 4. The second-order valence-electron chi connectivity index (χ2n) is 12.8. The van der Waals surface area contributed by atoms with Crippen molar-refractivity contribution in [3.63, 3.8) is 0 Å². The van der Waals surface area contributed by atoms with Gasteiger partial charge < -0.3 is 41.3 Å². The van der Waals surface area contributed by atoms with E-state index < -0.39 is 37.8 Å². The quantitative estimate of drug-likeness (QED) is 0.0685. The van der Waals surface area contributed by atoms with Crippen LogP contribution in [0.2, 0.25) is 0 Å². The van der Waals surface area contributed by atoms with Gasteiger partial charge in [-0.05, 0) is 53.1 Å². The molecular weight excluding hydrogens is 699 g/mol. The predicted octanol–water partition coefficient (Wildman–Crippen LogP) is 2.35. The van der Waals surface area contributed by atoms with Crippen molar-refractivity contribution in [2.75, 3.05) is 36.9 Å². The van der Waals surface area contributed by atoms with E-state index in [1.165, 1.54) is 17.2 Å². The fourth-order valence-corrected chi connectivity index (χ4v) is 5.96. The van der Waals surface area contributed by atoms with Gasteiger partial charge in [-0.25, -0.2) is 19.3 Å². The number of hydrogen-bond acceptors (Lipinski definition) is 12. The highest BCUT2D eigenvalue weighted by atomic mass is 19.1. The Bertz CT molecular complexity index is 2040. The summed E-state index contributed by atoms with van der Waals surface area (Å²) in [6.07, 6.45) is -0.980. The van der Waals surface area contributed by atoms with Crippen LogP contribution < -0.4 is 21.3 Å². The summed E-state index contributed by atoms with van der Waals surface area (Å²) < 4.78 is 19.7. The molecule has 3 heterocycles. The van der Waals surface area contributed by atoms with E-state index in [1.807, 2.05) is 24.3 Å². The minimum absolute atomic E-state index is 0.0594. The lowest BCUT2D eigenvalue weighted by molar-refractivity contribution is -0.118. The summed E-state index contributed by atoms with van der Waals surface area (Å²) in [4.78, 5) is 50.4. The van der Waals surface area contributed by atoms with Gasteiger partial charge in [-0.15, -0.1) is 0 Å². The number of ether oxygens (including phenoxy) is 1. The summed E-state index contributed by atoms with van der Waals surface area (Å²) in [5.74, 6) is 0.0140. The zero-order valence-electron chi connectivity index (χ0n) is 29.2. The number of aliphatic hydroxyl groups is 3. The van der Waals surface area contributed by atoms with Gasteiger partial charge in [0.1, 0.15) is 37.1 Å². The zero-order valence-corrected chi connectivity index (χ0v) is 29.2. The van der Waals surface area contributed by atoms with Gasteiger partial charge in [0.25, 0.3) is 5.91 Å². The second kappa shape index (κ2) is 17.9. The first-order chi connectivity index (χ1) is 26.2. The Balaban J connectivity index is 0.908. The minimum atomic E-state index is -1.28. The standard InChI is InChI=1S/C38H41FN8O7/c39-19-25-1-7-26(8-2-25)37(53)41-16-15-40-14-13-29(49)17-23-3-9-27(10-4-23)45-31(50)18-24-5-11-28(12-6-24)46-35-32-36(43-21-42-35)47(22-44-32)38-34(52)33(51)30(20-48)54-38/h1-12,21-22,30,33-34,38,40,48,51-52H,13-20H2,(H,41,53)(H,45,50)(H,42,43,46)/t30-,33-,34-,38-/m1/s1. The SMILES string of the molecule is O=C(CCNCCNC(=O)c1ccc(CF)cc1)Cc1ccc(NC(=O)Cc2ccc(Nc3ncnc4c3ncn4[C@@H]3O[C@H](CO)[C@@H](O)[C@H]3O)cc2)cc1.